The molecule has 1 aliphatic rings. The van der Waals surface area contributed by atoms with Crippen LogP contribution in [-0.4, -0.2) is 86.9 Å². The number of alkyl halides is 3. The lowest BCUT2D eigenvalue weighted by Gasteiger charge is -2.32. The number of rotatable bonds is 9. The number of carbonyl (C=O) groups excluding carboxylic acids is 1. The predicted molar refractivity (Wildman–Crippen MR) is 159 cm³/mol. The summed E-state index contributed by atoms with van der Waals surface area (Å²) in [5.74, 6) is 0.466. The first kappa shape index (κ1) is 30.0. The van der Waals surface area contributed by atoms with Crippen molar-refractivity contribution in [2.45, 2.75) is 12.6 Å². The average molecular weight is 622 g/mol. The van der Waals surface area contributed by atoms with Gasteiger partial charge in [0.05, 0.1) is 17.3 Å². The van der Waals surface area contributed by atoms with E-state index < -0.39 is 11.7 Å². The number of ether oxygens (including phenoxy) is 1. The molecular formula is C30H30F3N9O3. The fourth-order valence-corrected chi connectivity index (χ4v) is 5.09. The number of imidazole rings is 1. The number of amides is 1. The molecule has 1 saturated heterocycles. The van der Waals surface area contributed by atoms with Crippen LogP contribution < -0.4 is 15.8 Å². The number of nitrogen functional groups attached to an aromatic ring is 1. The first-order valence-electron chi connectivity index (χ1n) is 14.3. The maximum Gasteiger partial charge on any atom is 0.416 e. The average Bonchev–Trinajstić information content (AvgIpc) is 3.62. The number of benzene rings is 2. The number of aromatic nitrogens is 5. The minimum atomic E-state index is -4.50. The molecule has 1 amide bonds. The summed E-state index contributed by atoms with van der Waals surface area (Å²) in [7, 11) is 2.12. The molecule has 6 rings (SSSR count). The van der Waals surface area contributed by atoms with Gasteiger partial charge < -0.3 is 25.6 Å². The lowest BCUT2D eigenvalue weighted by atomic mass is 10.2. The zero-order valence-electron chi connectivity index (χ0n) is 24.3. The van der Waals surface area contributed by atoms with Gasteiger partial charge in [-0.05, 0) is 72.8 Å². The number of anilines is 1. The van der Waals surface area contributed by atoms with Gasteiger partial charge in [-0.15, -0.1) is 0 Å². The summed E-state index contributed by atoms with van der Waals surface area (Å²) in [5, 5.41) is 10.4. The topological polar surface area (TPSA) is 140 Å². The van der Waals surface area contributed by atoms with E-state index in [1.54, 1.807) is 34.9 Å². The summed E-state index contributed by atoms with van der Waals surface area (Å²) >= 11 is 0. The van der Waals surface area contributed by atoms with Crippen molar-refractivity contribution in [2.24, 2.45) is 0 Å². The van der Waals surface area contributed by atoms with Crippen LogP contribution >= 0.6 is 0 Å². The van der Waals surface area contributed by atoms with Crippen LogP contribution in [0.1, 0.15) is 22.3 Å². The predicted octanol–water partition coefficient (Wildman–Crippen LogP) is 4.23. The fraction of sp³-hybridized carbons (Fsp3) is 0.300. The second-order valence-corrected chi connectivity index (χ2v) is 10.7. The van der Waals surface area contributed by atoms with Gasteiger partial charge in [-0.3, -0.25) is 9.36 Å². The lowest BCUT2D eigenvalue weighted by Crippen LogP contribution is -2.45. The normalized spacial score (nSPS) is 14.6. The van der Waals surface area contributed by atoms with Crippen LogP contribution in [0.4, 0.5) is 19.0 Å². The highest BCUT2D eigenvalue weighted by atomic mass is 19.4. The van der Waals surface area contributed by atoms with Gasteiger partial charge in [0, 0.05) is 50.0 Å². The Morgan fingerprint density at radius 3 is 2.56 bits per heavy atom. The Hall–Kier alpha value is -5.02. The van der Waals surface area contributed by atoms with E-state index in [9.17, 15) is 18.0 Å². The lowest BCUT2D eigenvalue weighted by molar-refractivity contribution is -0.137. The molecule has 1 fully saturated rings. The number of carbonyl (C=O) groups is 1. The minimum Gasteiger partial charge on any atom is -0.439 e. The Labute approximate surface area is 255 Å². The molecule has 0 aliphatic carbocycles. The van der Waals surface area contributed by atoms with Crippen molar-refractivity contribution in [1.29, 1.82) is 0 Å². The maximum atomic E-state index is 13.2. The van der Waals surface area contributed by atoms with E-state index in [1.165, 1.54) is 18.3 Å². The smallest absolute Gasteiger partial charge is 0.416 e. The standard InChI is InChI=1S/C30H30F3N9O3/c1-40-12-14-41(15-13-40)11-3-10-35-29(43)19-4-2-5-22(16-19)44-25-17-24-23(18-36-25)37-28(26-27(34)39-45-38-26)42(24)21-8-6-20(7-9-21)30(31,32)33/h2,4-9,16-18H,3,10-15H2,1H3,(H2,34,39)(H,35,43). The number of hydrogen-bond acceptors (Lipinski definition) is 10. The van der Waals surface area contributed by atoms with Crippen LogP contribution in [0.3, 0.4) is 0 Å². The zero-order valence-corrected chi connectivity index (χ0v) is 24.3. The Balaban J connectivity index is 1.21. The van der Waals surface area contributed by atoms with Gasteiger partial charge in [0.1, 0.15) is 11.3 Å². The summed E-state index contributed by atoms with van der Waals surface area (Å²) in [6.45, 7) is 5.63. The number of piperazine rings is 1. The molecule has 3 N–H and O–H groups in total. The van der Waals surface area contributed by atoms with Gasteiger partial charge in [-0.25, -0.2) is 14.6 Å². The van der Waals surface area contributed by atoms with Crippen molar-refractivity contribution in [3.05, 3.63) is 71.9 Å². The van der Waals surface area contributed by atoms with Crippen LogP contribution in [0.25, 0.3) is 28.2 Å². The number of nitrogens with two attached hydrogens (primary N) is 1. The molecule has 0 radical (unpaired) electrons. The molecule has 234 valence electrons. The van der Waals surface area contributed by atoms with Crippen molar-refractivity contribution in [3.63, 3.8) is 0 Å². The van der Waals surface area contributed by atoms with Crippen molar-refractivity contribution >= 4 is 22.8 Å². The number of likely N-dealkylation sites (N-methyl/N-ethyl adjacent to an activating group) is 1. The van der Waals surface area contributed by atoms with Crippen LogP contribution in [0.2, 0.25) is 0 Å². The molecule has 1 aliphatic heterocycles. The van der Waals surface area contributed by atoms with E-state index in [0.717, 1.165) is 51.3 Å². The maximum absolute atomic E-state index is 13.2. The first-order chi connectivity index (χ1) is 21.7. The second-order valence-electron chi connectivity index (χ2n) is 10.7. The van der Waals surface area contributed by atoms with Crippen LogP contribution in [0.15, 0.2) is 65.4 Å². The number of pyridine rings is 1. The number of nitrogens with zero attached hydrogens (tertiary/aromatic N) is 7. The highest BCUT2D eigenvalue weighted by molar-refractivity contribution is 5.94. The molecule has 3 aromatic heterocycles. The molecule has 0 saturated carbocycles. The Kier molecular flexibility index (Phi) is 8.36. The zero-order chi connectivity index (χ0) is 31.6. The molecular weight excluding hydrogens is 591 g/mol. The van der Waals surface area contributed by atoms with Gasteiger partial charge in [0.25, 0.3) is 5.91 Å². The molecule has 0 spiro atoms. The molecule has 12 nitrogen and oxygen atoms in total. The number of hydrogen-bond donors (Lipinski definition) is 2. The highest BCUT2D eigenvalue weighted by Crippen LogP contribution is 2.34. The minimum absolute atomic E-state index is 0.0441. The third kappa shape index (κ3) is 6.73. The Morgan fingerprint density at radius 1 is 1.07 bits per heavy atom. The van der Waals surface area contributed by atoms with E-state index in [-0.39, 0.29) is 29.1 Å². The SMILES string of the molecule is CN1CCN(CCCNC(=O)c2cccc(Oc3cc4c(cn3)nc(-c3nonc3N)n4-c3ccc(C(F)(F)F)cc3)c2)CC1. The van der Waals surface area contributed by atoms with Gasteiger partial charge in [0.2, 0.25) is 5.88 Å². The third-order valence-electron chi connectivity index (χ3n) is 7.55. The number of halogens is 3. The van der Waals surface area contributed by atoms with E-state index in [4.69, 9.17) is 15.1 Å². The molecule has 0 unspecified atom stereocenters. The summed E-state index contributed by atoms with van der Waals surface area (Å²) in [6.07, 6.45) is -2.20. The molecule has 5 aromatic rings. The number of fused-ring (bicyclic) bond motifs is 1. The van der Waals surface area contributed by atoms with Gasteiger partial charge in [-0.2, -0.15) is 13.2 Å². The van der Waals surface area contributed by atoms with Gasteiger partial charge in [0.15, 0.2) is 17.3 Å². The first-order valence-corrected chi connectivity index (χ1v) is 14.3. The van der Waals surface area contributed by atoms with Gasteiger partial charge in [-0.1, -0.05) is 6.07 Å². The van der Waals surface area contributed by atoms with Crippen molar-refractivity contribution in [3.8, 4) is 28.8 Å². The summed E-state index contributed by atoms with van der Waals surface area (Å²) < 4.78 is 52.1. The van der Waals surface area contributed by atoms with Crippen LogP contribution in [0.5, 0.6) is 11.6 Å². The fourth-order valence-electron chi connectivity index (χ4n) is 5.09. The quantitative estimate of drug-likeness (QED) is 0.230. The molecule has 2 aromatic carbocycles. The van der Waals surface area contributed by atoms with E-state index in [0.29, 0.717) is 34.6 Å². The summed E-state index contributed by atoms with van der Waals surface area (Å²) in [4.78, 5) is 26.4. The van der Waals surface area contributed by atoms with Crippen LogP contribution in [-0.2, 0) is 6.18 Å². The highest BCUT2D eigenvalue weighted by Gasteiger charge is 2.30. The Morgan fingerprint density at radius 2 is 1.84 bits per heavy atom. The molecule has 0 atom stereocenters. The van der Waals surface area contributed by atoms with Crippen LogP contribution in [0, 0.1) is 0 Å². The monoisotopic (exact) mass is 621 g/mol. The summed E-state index contributed by atoms with van der Waals surface area (Å²) in [5.41, 5.74) is 6.86. The molecule has 4 heterocycles. The van der Waals surface area contributed by atoms with E-state index in [1.807, 2.05) is 0 Å². The Bertz CT molecular complexity index is 1800. The second kappa shape index (κ2) is 12.5. The largest absolute Gasteiger partial charge is 0.439 e. The van der Waals surface area contributed by atoms with Crippen molar-refractivity contribution < 1.29 is 27.3 Å². The molecule has 45 heavy (non-hydrogen) atoms. The molecule has 0 bridgehead atoms. The van der Waals surface area contributed by atoms with E-state index in [2.05, 4.69) is 42.4 Å². The van der Waals surface area contributed by atoms with Gasteiger partial charge >= 0.3 is 6.18 Å². The summed E-state index contributed by atoms with van der Waals surface area (Å²) in [6, 6.07) is 12.8. The van der Waals surface area contributed by atoms with Crippen molar-refractivity contribution in [2.75, 3.05) is 52.0 Å². The van der Waals surface area contributed by atoms with Crippen molar-refractivity contribution in [1.82, 2.24) is 40.0 Å². The third-order valence-corrected chi connectivity index (χ3v) is 7.55. The number of nitrogens with one attached hydrogen (secondary N) is 1. The van der Waals surface area contributed by atoms with E-state index >= 15 is 0 Å². The molecule has 15 heteroatoms.